The van der Waals surface area contributed by atoms with Gasteiger partial charge in [0.25, 0.3) is 11.0 Å². The van der Waals surface area contributed by atoms with Gasteiger partial charge in [0.05, 0.1) is 0 Å². The van der Waals surface area contributed by atoms with Crippen LogP contribution >= 0.6 is 11.8 Å². The summed E-state index contributed by atoms with van der Waals surface area (Å²) in [7, 11) is 0. The van der Waals surface area contributed by atoms with Crippen LogP contribution in [0.2, 0.25) is 0 Å². The molecule has 0 radical (unpaired) electrons. The smallest absolute Gasteiger partial charge is 0.287 e. The summed E-state index contributed by atoms with van der Waals surface area (Å²) in [4.78, 5) is 61.2. The van der Waals surface area contributed by atoms with Gasteiger partial charge in [0.15, 0.2) is 0 Å². The molecule has 0 aromatic heterocycles. The Labute approximate surface area is 162 Å². The molecule has 1 saturated heterocycles. The normalized spacial score (nSPS) is 18.1. The van der Waals surface area contributed by atoms with Gasteiger partial charge in [-0.25, -0.2) is 0 Å². The van der Waals surface area contributed by atoms with Crippen molar-refractivity contribution < 1.29 is 24.0 Å². The zero-order chi connectivity index (χ0) is 20.0. The largest absolute Gasteiger partial charge is 0.349 e. The summed E-state index contributed by atoms with van der Waals surface area (Å²) in [5.41, 5.74) is 0. The maximum atomic E-state index is 12.7. The highest BCUT2D eigenvalue weighted by molar-refractivity contribution is 8.15. The van der Waals surface area contributed by atoms with Crippen LogP contribution in [0.5, 0.6) is 0 Å². The fourth-order valence-corrected chi connectivity index (χ4v) is 3.71. The molecule has 1 aromatic carbocycles. The monoisotopic (exact) mass is 389 g/mol. The van der Waals surface area contributed by atoms with Gasteiger partial charge in [0.2, 0.25) is 11.6 Å². The summed E-state index contributed by atoms with van der Waals surface area (Å²) in [6.07, 6.45) is 0.169. The summed E-state index contributed by atoms with van der Waals surface area (Å²) in [6, 6.07) is 8.84. The van der Waals surface area contributed by atoms with Gasteiger partial charge >= 0.3 is 0 Å². The molecule has 1 aliphatic heterocycles. The van der Waals surface area contributed by atoms with E-state index in [4.69, 9.17) is 0 Å². The molecule has 1 aromatic rings. The zero-order valence-electron chi connectivity index (χ0n) is 15.4. The molecule has 0 spiro atoms. The number of rotatable bonds is 8. The highest BCUT2D eigenvalue weighted by atomic mass is 32.2. The highest BCUT2D eigenvalue weighted by Crippen LogP contribution is 2.26. The van der Waals surface area contributed by atoms with Gasteiger partial charge in [-0.15, -0.1) is 0 Å². The summed E-state index contributed by atoms with van der Waals surface area (Å²) >= 11 is 0.847. The van der Waals surface area contributed by atoms with Crippen LogP contribution in [0.3, 0.4) is 0 Å². The SMILES string of the molecule is CC(C)C(CC(=O)C(=O)Sc1ccccc1)C(=O)CC1CCNC(=O)C1=O. The lowest BCUT2D eigenvalue weighted by Gasteiger charge is -2.24. The minimum atomic E-state index is -0.661. The number of nitrogens with one attached hydrogen (secondary N) is 1. The molecule has 27 heavy (non-hydrogen) atoms. The lowest BCUT2D eigenvalue weighted by molar-refractivity contribution is -0.143. The van der Waals surface area contributed by atoms with E-state index in [0.29, 0.717) is 17.9 Å². The third-order valence-corrected chi connectivity index (χ3v) is 5.55. The molecule has 2 unspecified atom stereocenters. The van der Waals surface area contributed by atoms with Gasteiger partial charge in [0, 0.05) is 36.1 Å². The van der Waals surface area contributed by atoms with Crippen LogP contribution in [0.4, 0.5) is 0 Å². The number of carbonyl (C=O) groups is 5. The quantitative estimate of drug-likeness (QED) is 0.541. The Balaban J connectivity index is 1.98. The Morgan fingerprint density at radius 3 is 2.44 bits per heavy atom. The molecule has 1 fully saturated rings. The molecular weight excluding hydrogens is 366 g/mol. The van der Waals surface area contributed by atoms with E-state index in [1.807, 2.05) is 6.07 Å². The number of hydrogen-bond acceptors (Lipinski definition) is 6. The van der Waals surface area contributed by atoms with Crippen molar-refractivity contribution in [3.8, 4) is 0 Å². The van der Waals surface area contributed by atoms with Crippen molar-refractivity contribution in [2.24, 2.45) is 17.8 Å². The average molecular weight is 389 g/mol. The van der Waals surface area contributed by atoms with Gasteiger partial charge in [-0.2, -0.15) is 0 Å². The van der Waals surface area contributed by atoms with E-state index in [0.717, 1.165) is 11.8 Å². The standard InChI is InChI=1S/C20H23NO5S/c1-12(2)15(16(22)10-13-8-9-21-19(25)18(13)24)11-17(23)20(26)27-14-6-4-3-5-7-14/h3-7,12-13,15H,8-11H2,1-2H3,(H,21,25). The Kier molecular flexibility index (Phi) is 7.47. The number of carbonyl (C=O) groups excluding carboxylic acids is 5. The van der Waals surface area contributed by atoms with Crippen molar-refractivity contribution in [2.75, 3.05) is 6.54 Å². The summed E-state index contributed by atoms with van der Waals surface area (Å²) in [6.45, 7) is 3.97. The average Bonchev–Trinajstić information content (AvgIpc) is 2.63. The molecule has 0 aliphatic carbocycles. The summed E-state index contributed by atoms with van der Waals surface area (Å²) in [5, 5.41) is 1.85. The highest BCUT2D eigenvalue weighted by Gasteiger charge is 2.35. The number of thioether (sulfide) groups is 1. The van der Waals surface area contributed by atoms with Crippen molar-refractivity contribution in [3.05, 3.63) is 30.3 Å². The molecule has 0 bridgehead atoms. The minimum Gasteiger partial charge on any atom is -0.349 e. The molecule has 1 heterocycles. The lowest BCUT2D eigenvalue weighted by atomic mass is 9.81. The van der Waals surface area contributed by atoms with Crippen LogP contribution in [-0.4, -0.2) is 34.9 Å². The van der Waals surface area contributed by atoms with Gasteiger partial charge in [-0.1, -0.05) is 32.0 Å². The van der Waals surface area contributed by atoms with Crippen molar-refractivity contribution in [3.63, 3.8) is 0 Å². The Bertz CT molecular complexity index is 744. The van der Waals surface area contributed by atoms with Gasteiger partial charge < -0.3 is 5.32 Å². The van der Waals surface area contributed by atoms with E-state index in [1.165, 1.54) is 0 Å². The molecule has 7 heteroatoms. The van der Waals surface area contributed by atoms with Crippen molar-refractivity contribution in [1.29, 1.82) is 0 Å². The number of benzene rings is 1. The Morgan fingerprint density at radius 2 is 1.81 bits per heavy atom. The third kappa shape index (κ3) is 5.85. The molecule has 0 saturated carbocycles. The first kappa shape index (κ1) is 21.0. The molecular formula is C20H23NO5S. The first-order valence-electron chi connectivity index (χ1n) is 8.94. The maximum Gasteiger partial charge on any atom is 0.287 e. The van der Waals surface area contributed by atoms with Crippen molar-refractivity contribution in [2.45, 2.75) is 38.0 Å². The van der Waals surface area contributed by atoms with Crippen molar-refractivity contribution in [1.82, 2.24) is 5.32 Å². The first-order chi connectivity index (χ1) is 12.8. The summed E-state index contributed by atoms with van der Waals surface area (Å²) < 4.78 is 0. The maximum absolute atomic E-state index is 12.7. The van der Waals surface area contributed by atoms with Crippen LogP contribution < -0.4 is 5.32 Å². The fourth-order valence-electron chi connectivity index (χ4n) is 3.01. The first-order valence-corrected chi connectivity index (χ1v) is 9.76. The predicted octanol–water partition coefficient (Wildman–Crippen LogP) is 2.20. The number of Topliss-reactive ketones (excluding diaryl/α,β-unsaturated/α-hetero) is 3. The number of hydrogen-bond donors (Lipinski definition) is 1. The van der Waals surface area contributed by atoms with Crippen LogP contribution in [0.15, 0.2) is 35.2 Å². The Morgan fingerprint density at radius 1 is 1.15 bits per heavy atom. The van der Waals surface area contributed by atoms with Crippen LogP contribution in [0, 0.1) is 17.8 Å². The summed E-state index contributed by atoms with van der Waals surface area (Å²) in [5.74, 6) is -3.53. The molecule has 1 amide bonds. The van der Waals surface area contributed by atoms with E-state index >= 15 is 0 Å². The second-order valence-corrected chi connectivity index (χ2v) is 8.00. The van der Waals surface area contributed by atoms with E-state index in [9.17, 15) is 24.0 Å². The van der Waals surface area contributed by atoms with E-state index in [1.54, 1.807) is 38.1 Å². The number of amides is 1. The van der Waals surface area contributed by atoms with Crippen molar-refractivity contribution >= 4 is 40.1 Å². The van der Waals surface area contributed by atoms with E-state index in [-0.39, 0.29) is 24.5 Å². The number of ketones is 3. The molecule has 144 valence electrons. The van der Waals surface area contributed by atoms with E-state index in [2.05, 4.69) is 5.32 Å². The van der Waals surface area contributed by atoms with Gasteiger partial charge in [-0.05, 0) is 36.2 Å². The van der Waals surface area contributed by atoms with Crippen LogP contribution in [-0.2, 0) is 24.0 Å². The molecule has 1 N–H and O–H groups in total. The molecule has 6 nitrogen and oxygen atoms in total. The zero-order valence-corrected chi connectivity index (χ0v) is 16.2. The minimum absolute atomic E-state index is 0.0671. The molecule has 2 atom stereocenters. The van der Waals surface area contributed by atoms with Gasteiger partial charge in [-0.3, -0.25) is 24.0 Å². The third-order valence-electron chi connectivity index (χ3n) is 4.63. The Hall–Kier alpha value is -2.28. The van der Waals surface area contributed by atoms with Gasteiger partial charge in [0.1, 0.15) is 5.78 Å². The second kappa shape index (κ2) is 9.60. The second-order valence-electron chi connectivity index (χ2n) is 6.96. The molecule has 1 aliphatic rings. The topological polar surface area (TPSA) is 97.4 Å². The fraction of sp³-hybridized carbons (Fsp3) is 0.450. The van der Waals surface area contributed by atoms with Crippen LogP contribution in [0.1, 0.15) is 33.1 Å². The van der Waals surface area contributed by atoms with E-state index < -0.39 is 34.4 Å². The number of piperidine rings is 1. The van der Waals surface area contributed by atoms with Crippen LogP contribution in [0.25, 0.3) is 0 Å². The molecule has 2 rings (SSSR count). The predicted molar refractivity (Wildman–Crippen MR) is 101 cm³/mol. The lowest BCUT2D eigenvalue weighted by Crippen LogP contribution is -2.43.